The maximum absolute atomic E-state index is 12.9. The van der Waals surface area contributed by atoms with Gasteiger partial charge in [-0.05, 0) is 36.9 Å². The molecule has 4 rings (SSSR count). The summed E-state index contributed by atoms with van der Waals surface area (Å²) in [6.45, 7) is 2.38. The van der Waals surface area contributed by atoms with Gasteiger partial charge in [-0.2, -0.15) is 0 Å². The first-order valence-corrected chi connectivity index (χ1v) is 12.0. The molecule has 1 amide bonds. The van der Waals surface area contributed by atoms with Crippen LogP contribution in [0.4, 0.5) is 0 Å². The molecule has 0 atom stereocenters. The lowest BCUT2D eigenvalue weighted by Gasteiger charge is -2.06. The quantitative estimate of drug-likeness (QED) is 0.380. The number of carbonyl (C=O) groups is 1. The zero-order valence-electron chi connectivity index (χ0n) is 16.0. The minimum Gasteiger partial charge on any atom is -0.451 e. The van der Waals surface area contributed by atoms with E-state index >= 15 is 0 Å². The van der Waals surface area contributed by atoms with Gasteiger partial charge < -0.3 is 9.73 Å². The highest BCUT2D eigenvalue weighted by Crippen LogP contribution is 2.33. The van der Waals surface area contributed by atoms with Crippen LogP contribution in [0, 0.1) is 6.92 Å². The first kappa shape index (κ1) is 20.0. The molecular weight excluding hydrogens is 422 g/mol. The molecule has 0 aliphatic carbocycles. The normalized spacial score (nSPS) is 11.1. The van der Waals surface area contributed by atoms with E-state index in [-0.39, 0.29) is 5.91 Å². The van der Waals surface area contributed by atoms with Crippen LogP contribution in [0.15, 0.2) is 62.2 Å². The highest BCUT2D eigenvalue weighted by atomic mass is 32.2. The van der Waals surface area contributed by atoms with E-state index in [1.807, 2.05) is 49.6 Å². The number of carbonyl (C=O) groups excluding carboxylic acids is 1. The van der Waals surface area contributed by atoms with Gasteiger partial charge in [0.2, 0.25) is 0 Å². The van der Waals surface area contributed by atoms with Crippen LogP contribution < -0.4 is 5.32 Å². The number of hydrogen-bond acceptors (Lipinski definition) is 7. The molecule has 29 heavy (non-hydrogen) atoms. The molecule has 0 fully saturated rings. The van der Waals surface area contributed by atoms with Gasteiger partial charge in [-0.1, -0.05) is 53.4 Å². The van der Waals surface area contributed by atoms with Crippen molar-refractivity contribution in [3.63, 3.8) is 0 Å². The van der Waals surface area contributed by atoms with E-state index in [2.05, 4.69) is 27.6 Å². The fraction of sp³-hybridized carbons (Fsp3) is 0.190. The molecule has 2 aromatic heterocycles. The number of nitrogens with zero attached hydrogens (tertiary/aromatic N) is 2. The van der Waals surface area contributed by atoms with Crippen molar-refractivity contribution < 1.29 is 9.21 Å². The number of fused-ring (bicyclic) bond motifs is 1. The summed E-state index contributed by atoms with van der Waals surface area (Å²) in [5.74, 6) is 0.747. The molecule has 0 aliphatic rings. The molecule has 1 N–H and O–H groups in total. The number of amides is 1. The Hall–Kier alpha value is -2.29. The molecule has 4 aromatic rings. The fourth-order valence-corrected chi connectivity index (χ4v) is 5.15. The highest BCUT2D eigenvalue weighted by Gasteiger charge is 2.21. The Labute approximate surface area is 181 Å². The largest absolute Gasteiger partial charge is 0.451 e. The molecule has 0 unspecified atom stereocenters. The van der Waals surface area contributed by atoms with E-state index in [0.717, 1.165) is 25.9 Å². The standard InChI is InChI=1S/C21H19N3O2S3/c1-13-23-24-21(29-13)28-12-17-16-5-3-4-6-18(16)26-19(17)20(25)22-11-14-7-9-15(27-2)10-8-14/h3-10H,11-12H2,1-2H3,(H,22,25). The number of nitrogens with one attached hydrogen (secondary N) is 1. The van der Waals surface area contributed by atoms with Gasteiger partial charge in [0.05, 0.1) is 0 Å². The summed E-state index contributed by atoms with van der Waals surface area (Å²) in [6.07, 6.45) is 2.04. The Bertz CT molecular complexity index is 1140. The molecule has 148 valence electrons. The molecule has 5 nitrogen and oxygen atoms in total. The minimum absolute atomic E-state index is 0.209. The van der Waals surface area contributed by atoms with Crippen molar-refractivity contribution in [2.45, 2.75) is 28.5 Å². The minimum atomic E-state index is -0.209. The SMILES string of the molecule is CSc1ccc(CNC(=O)c2oc3ccccc3c2CSc2nnc(C)s2)cc1. The highest BCUT2D eigenvalue weighted by molar-refractivity contribution is 8.00. The van der Waals surface area contributed by atoms with Crippen LogP contribution in [0.3, 0.4) is 0 Å². The fourth-order valence-electron chi connectivity index (χ4n) is 2.90. The van der Waals surface area contributed by atoms with Crippen molar-refractivity contribution >= 4 is 51.7 Å². The predicted octanol–water partition coefficient (Wildman–Crippen LogP) is 5.54. The van der Waals surface area contributed by atoms with Crippen molar-refractivity contribution in [3.05, 3.63) is 70.4 Å². The second-order valence-corrected chi connectivity index (χ2v) is 9.60. The second kappa shape index (κ2) is 9.02. The molecule has 8 heteroatoms. The number of hydrogen-bond donors (Lipinski definition) is 1. The van der Waals surface area contributed by atoms with Crippen LogP contribution in [0.2, 0.25) is 0 Å². The molecule has 0 radical (unpaired) electrons. The van der Waals surface area contributed by atoms with Crippen molar-refractivity contribution in [2.75, 3.05) is 6.26 Å². The van der Waals surface area contributed by atoms with Crippen LogP contribution >= 0.6 is 34.9 Å². The molecule has 0 spiro atoms. The predicted molar refractivity (Wildman–Crippen MR) is 120 cm³/mol. The maximum Gasteiger partial charge on any atom is 0.287 e. The Balaban J connectivity index is 1.53. The number of aromatic nitrogens is 2. The van der Waals surface area contributed by atoms with Gasteiger partial charge in [0.15, 0.2) is 10.1 Å². The summed E-state index contributed by atoms with van der Waals surface area (Å²) in [4.78, 5) is 14.1. The molecule has 2 aromatic carbocycles. The van der Waals surface area contributed by atoms with E-state index in [1.54, 1.807) is 34.9 Å². The summed E-state index contributed by atoms with van der Waals surface area (Å²) in [7, 11) is 0. The number of furan rings is 1. The lowest BCUT2D eigenvalue weighted by molar-refractivity contribution is 0.0924. The Morgan fingerprint density at radius 2 is 1.93 bits per heavy atom. The van der Waals surface area contributed by atoms with Crippen molar-refractivity contribution in [1.82, 2.24) is 15.5 Å². The molecular formula is C21H19N3O2S3. The smallest absolute Gasteiger partial charge is 0.287 e. The molecule has 0 saturated carbocycles. The van der Waals surface area contributed by atoms with Gasteiger partial charge in [-0.15, -0.1) is 22.0 Å². The lowest BCUT2D eigenvalue weighted by atomic mass is 10.1. The number of rotatable bonds is 7. The zero-order valence-corrected chi connectivity index (χ0v) is 18.4. The Morgan fingerprint density at radius 3 is 2.66 bits per heavy atom. The van der Waals surface area contributed by atoms with Gasteiger partial charge in [0.25, 0.3) is 5.91 Å². The van der Waals surface area contributed by atoms with Gasteiger partial charge >= 0.3 is 0 Å². The van der Waals surface area contributed by atoms with E-state index < -0.39 is 0 Å². The van der Waals surface area contributed by atoms with Crippen LogP contribution in [-0.2, 0) is 12.3 Å². The third kappa shape index (κ3) is 4.66. The molecule has 2 heterocycles. The topological polar surface area (TPSA) is 68.0 Å². The second-order valence-electron chi connectivity index (χ2n) is 6.31. The Kier molecular flexibility index (Phi) is 6.22. The molecule has 0 saturated heterocycles. The monoisotopic (exact) mass is 441 g/mol. The van der Waals surface area contributed by atoms with E-state index in [1.165, 1.54) is 4.90 Å². The summed E-state index contributed by atoms with van der Waals surface area (Å²) < 4.78 is 6.80. The van der Waals surface area contributed by atoms with Gasteiger partial charge in [-0.25, -0.2) is 0 Å². The van der Waals surface area contributed by atoms with Crippen LogP contribution in [-0.4, -0.2) is 22.4 Å². The maximum atomic E-state index is 12.9. The van der Waals surface area contributed by atoms with Gasteiger partial charge in [0, 0.05) is 28.1 Å². The first-order valence-electron chi connectivity index (χ1n) is 8.98. The first-order chi connectivity index (χ1) is 14.1. The summed E-state index contributed by atoms with van der Waals surface area (Å²) in [6, 6.07) is 15.9. The average Bonchev–Trinajstić information content (AvgIpc) is 3.34. The van der Waals surface area contributed by atoms with Crippen molar-refractivity contribution in [3.8, 4) is 0 Å². The van der Waals surface area contributed by atoms with Gasteiger partial charge in [-0.3, -0.25) is 4.79 Å². The number of para-hydroxylation sites is 1. The average molecular weight is 442 g/mol. The molecule has 0 bridgehead atoms. The van der Waals surface area contributed by atoms with E-state index in [9.17, 15) is 4.79 Å². The van der Waals surface area contributed by atoms with Crippen LogP contribution in [0.5, 0.6) is 0 Å². The van der Waals surface area contributed by atoms with Crippen molar-refractivity contribution in [1.29, 1.82) is 0 Å². The summed E-state index contributed by atoms with van der Waals surface area (Å²) >= 11 is 4.81. The summed E-state index contributed by atoms with van der Waals surface area (Å²) in [5.41, 5.74) is 2.65. The third-order valence-electron chi connectivity index (χ3n) is 4.36. The number of thioether (sulfide) groups is 2. The lowest BCUT2D eigenvalue weighted by Crippen LogP contribution is -2.23. The Morgan fingerprint density at radius 1 is 1.14 bits per heavy atom. The van der Waals surface area contributed by atoms with E-state index in [0.29, 0.717) is 23.6 Å². The zero-order chi connectivity index (χ0) is 20.2. The van der Waals surface area contributed by atoms with Crippen LogP contribution in [0.1, 0.15) is 26.7 Å². The van der Waals surface area contributed by atoms with Crippen molar-refractivity contribution in [2.24, 2.45) is 0 Å². The summed E-state index contributed by atoms with van der Waals surface area (Å²) in [5, 5.41) is 13.1. The van der Waals surface area contributed by atoms with Gasteiger partial charge in [0.1, 0.15) is 10.6 Å². The molecule has 0 aliphatic heterocycles. The van der Waals surface area contributed by atoms with Crippen LogP contribution in [0.25, 0.3) is 11.0 Å². The number of benzene rings is 2. The number of aryl methyl sites for hydroxylation is 1. The van der Waals surface area contributed by atoms with E-state index in [4.69, 9.17) is 4.42 Å². The third-order valence-corrected chi connectivity index (χ3v) is 7.11.